The third-order valence-corrected chi connectivity index (χ3v) is 4.80. The minimum atomic E-state index is 0.668. The number of ether oxygens (including phenoxy) is 1. The summed E-state index contributed by atoms with van der Waals surface area (Å²) < 4.78 is 5.88. The van der Waals surface area contributed by atoms with Gasteiger partial charge in [0, 0.05) is 12.6 Å². The monoisotopic (exact) mass is 275 g/mol. The fraction of sp³-hybridized carbons (Fsp3) is 0.667. The smallest absolute Gasteiger partial charge is 0.122 e. The second-order valence-corrected chi connectivity index (χ2v) is 6.45. The molecule has 1 aliphatic carbocycles. The number of benzene rings is 1. The molecule has 1 aliphatic rings. The van der Waals surface area contributed by atoms with E-state index < -0.39 is 0 Å². The van der Waals surface area contributed by atoms with E-state index in [0.29, 0.717) is 6.04 Å². The van der Waals surface area contributed by atoms with Crippen molar-refractivity contribution in [3.63, 3.8) is 0 Å². The summed E-state index contributed by atoms with van der Waals surface area (Å²) in [6, 6.07) is 7.03. The van der Waals surface area contributed by atoms with Gasteiger partial charge in [0.15, 0.2) is 0 Å². The van der Waals surface area contributed by atoms with Crippen LogP contribution in [0, 0.1) is 25.7 Å². The molecular weight excluding hydrogens is 246 g/mol. The van der Waals surface area contributed by atoms with Gasteiger partial charge in [-0.2, -0.15) is 0 Å². The summed E-state index contributed by atoms with van der Waals surface area (Å²) in [5.74, 6) is 2.65. The molecule has 3 atom stereocenters. The van der Waals surface area contributed by atoms with Crippen LogP contribution in [0.2, 0.25) is 0 Å². The van der Waals surface area contributed by atoms with E-state index in [2.05, 4.69) is 51.2 Å². The van der Waals surface area contributed by atoms with Gasteiger partial charge in [0.2, 0.25) is 0 Å². The average Bonchev–Trinajstić information content (AvgIpc) is 2.41. The third kappa shape index (κ3) is 3.99. The first-order valence-corrected chi connectivity index (χ1v) is 8.01. The van der Waals surface area contributed by atoms with Gasteiger partial charge in [0.05, 0.1) is 0 Å². The molecule has 0 aliphatic heterocycles. The van der Waals surface area contributed by atoms with Gasteiger partial charge in [0.25, 0.3) is 0 Å². The topological polar surface area (TPSA) is 21.3 Å². The molecule has 1 saturated carbocycles. The van der Waals surface area contributed by atoms with Crippen molar-refractivity contribution in [1.82, 2.24) is 5.32 Å². The van der Waals surface area contributed by atoms with Crippen LogP contribution in [0.1, 0.15) is 44.2 Å². The second-order valence-electron chi connectivity index (χ2n) is 6.45. The van der Waals surface area contributed by atoms with Gasteiger partial charge >= 0.3 is 0 Å². The van der Waals surface area contributed by atoms with Crippen LogP contribution in [0.5, 0.6) is 5.75 Å². The molecule has 2 nitrogen and oxygen atoms in total. The van der Waals surface area contributed by atoms with Gasteiger partial charge < -0.3 is 10.1 Å². The van der Waals surface area contributed by atoms with Crippen LogP contribution >= 0.6 is 0 Å². The maximum atomic E-state index is 5.88. The molecule has 0 bridgehead atoms. The number of hydrogen-bond donors (Lipinski definition) is 1. The fourth-order valence-electron chi connectivity index (χ4n) is 3.24. The third-order valence-electron chi connectivity index (χ3n) is 4.80. The SMILES string of the molecule is Cc1ccc(OCCN[C@H]2CCC[C@H](C)[C@H]2C)c(C)c1. The van der Waals surface area contributed by atoms with E-state index in [1.165, 1.54) is 30.4 Å². The van der Waals surface area contributed by atoms with Crippen molar-refractivity contribution in [2.24, 2.45) is 11.8 Å². The number of rotatable bonds is 5. The average molecular weight is 275 g/mol. The number of hydrogen-bond acceptors (Lipinski definition) is 2. The zero-order valence-electron chi connectivity index (χ0n) is 13.4. The minimum Gasteiger partial charge on any atom is -0.492 e. The number of aryl methyl sites for hydroxylation is 2. The van der Waals surface area contributed by atoms with Crippen molar-refractivity contribution in [3.8, 4) is 5.75 Å². The second kappa shape index (κ2) is 7.12. The molecule has 0 heterocycles. The Morgan fingerprint density at radius 3 is 2.75 bits per heavy atom. The van der Waals surface area contributed by atoms with E-state index in [1.54, 1.807) is 0 Å². The molecule has 1 fully saturated rings. The Hall–Kier alpha value is -1.02. The van der Waals surface area contributed by atoms with Crippen molar-refractivity contribution >= 4 is 0 Å². The molecule has 0 aromatic heterocycles. The van der Waals surface area contributed by atoms with Crippen molar-refractivity contribution in [2.45, 2.75) is 53.0 Å². The molecule has 0 saturated heterocycles. The molecule has 0 radical (unpaired) electrons. The highest BCUT2D eigenvalue weighted by Crippen LogP contribution is 2.29. The zero-order chi connectivity index (χ0) is 14.5. The van der Waals surface area contributed by atoms with Crippen molar-refractivity contribution < 1.29 is 4.74 Å². The van der Waals surface area contributed by atoms with Gasteiger partial charge in [-0.05, 0) is 43.7 Å². The molecule has 2 rings (SSSR count). The van der Waals surface area contributed by atoms with Crippen LogP contribution in [0.25, 0.3) is 0 Å². The Morgan fingerprint density at radius 2 is 2.00 bits per heavy atom. The van der Waals surface area contributed by atoms with Gasteiger partial charge in [-0.1, -0.05) is 44.4 Å². The van der Waals surface area contributed by atoms with E-state index in [9.17, 15) is 0 Å². The van der Waals surface area contributed by atoms with Crippen LogP contribution < -0.4 is 10.1 Å². The molecule has 1 N–H and O–H groups in total. The fourth-order valence-corrected chi connectivity index (χ4v) is 3.24. The van der Waals surface area contributed by atoms with Crippen LogP contribution in [-0.4, -0.2) is 19.2 Å². The van der Waals surface area contributed by atoms with E-state index in [-0.39, 0.29) is 0 Å². The standard InChI is InChI=1S/C18H29NO/c1-13-8-9-18(15(3)12-13)20-11-10-19-17-7-5-6-14(2)16(17)4/h8-9,12,14,16-17,19H,5-7,10-11H2,1-4H3/t14-,16+,17-/m0/s1. The van der Waals surface area contributed by atoms with Crippen LogP contribution in [-0.2, 0) is 0 Å². The van der Waals surface area contributed by atoms with E-state index in [1.807, 2.05) is 0 Å². The molecule has 112 valence electrons. The van der Waals surface area contributed by atoms with Crippen LogP contribution in [0.15, 0.2) is 18.2 Å². The van der Waals surface area contributed by atoms with E-state index >= 15 is 0 Å². The summed E-state index contributed by atoms with van der Waals surface area (Å²) in [5.41, 5.74) is 2.52. The lowest BCUT2D eigenvalue weighted by molar-refractivity contribution is 0.197. The molecule has 0 spiro atoms. The quantitative estimate of drug-likeness (QED) is 0.817. The predicted molar refractivity (Wildman–Crippen MR) is 85.4 cm³/mol. The first-order chi connectivity index (χ1) is 9.58. The Morgan fingerprint density at radius 1 is 1.20 bits per heavy atom. The Labute approximate surface area is 123 Å². The largest absolute Gasteiger partial charge is 0.492 e. The van der Waals surface area contributed by atoms with Gasteiger partial charge in [0.1, 0.15) is 12.4 Å². The summed E-state index contributed by atoms with van der Waals surface area (Å²) in [7, 11) is 0. The Kier molecular flexibility index (Phi) is 5.47. The predicted octanol–water partition coefficient (Wildman–Crippen LogP) is 4.10. The first-order valence-electron chi connectivity index (χ1n) is 8.01. The van der Waals surface area contributed by atoms with Crippen LogP contribution in [0.4, 0.5) is 0 Å². The zero-order valence-corrected chi connectivity index (χ0v) is 13.4. The molecule has 0 unspecified atom stereocenters. The molecule has 1 aromatic carbocycles. The van der Waals surface area contributed by atoms with Gasteiger partial charge in [-0.25, -0.2) is 0 Å². The maximum absolute atomic E-state index is 5.88. The summed E-state index contributed by atoms with van der Waals surface area (Å²) in [4.78, 5) is 0. The lowest BCUT2D eigenvalue weighted by atomic mass is 9.78. The maximum Gasteiger partial charge on any atom is 0.122 e. The summed E-state index contributed by atoms with van der Waals surface area (Å²) in [6.07, 6.45) is 4.06. The van der Waals surface area contributed by atoms with Crippen molar-refractivity contribution in [1.29, 1.82) is 0 Å². The molecular formula is C18H29NO. The van der Waals surface area contributed by atoms with Gasteiger partial charge in [-0.15, -0.1) is 0 Å². The lowest BCUT2D eigenvalue weighted by Gasteiger charge is -2.34. The normalized spacial score (nSPS) is 26.5. The molecule has 2 heteroatoms. The summed E-state index contributed by atoms with van der Waals surface area (Å²) >= 11 is 0. The van der Waals surface area contributed by atoms with E-state index in [0.717, 1.165) is 30.7 Å². The van der Waals surface area contributed by atoms with Crippen molar-refractivity contribution in [3.05, 3.63) is 29.3 Å². The molecule has 0 amide bonds. The Bertz CT molecular complexity index is 429. The minimum absolute atomic E-state index is 0.668. The summed E-state index contributed by atoms with van der Waals surface area (Å²) in [6.45, 7) is 10.7. The Balaban J connectivity index is 1.73. The molecule has 20 heavy (non-hydrogen) atoms. The van der Waals surface area contributed by atoms with E-state index in [4.69, 9.17) is 4.74 Å². The van der Waals surface area contributed by atoms with Crippen molar-refractivity contribution in [2.75, 3.05) is 13.2 Å². The molecule has 1 aromatic rings. The number of nitrogens with one attached hydrogen (secondary N) is 1. The van der Waals surface area contributed by atoms with Gasteiger partial charge in [-0.3, -0.25) is 0 Å². The first kappa shape index (κ1) is 15.4. The highest BCUT2D eigenvalue weighted by molar-refractivity contribution is 5.35. The highest BCUT2D eigenvalue weighted by atomic mass is 16.5. The summed E-state index contributed by atoms with van der Waals surface area (Å²) in [5, 5.41) is 3.68. The van der Waals surface area contributed by atoms with Crippen LogP contribution in [0.3, 0.4) is 0 Å². The lowest BCUT2D eigenvalue weighted by Crippen LogP contribution is -2.42. The highest BCUT2D eigenvalue weighted by Gasteiger charge is 2.26.